The molecule has 174 valence electrons. The van der Waals surface area contributed by atoms with Crippen LogP contribution in [0.15, 0.2) is 75.7 Å². The van der Waals surface area contributed by atoms with Gasteiger partial charge in [-0.15, -0.1) is 0 Å². The van der Waals surface area contributed by atoms with Crippen molar-refractivity contribution in [3.63, 3.8) is 0 Å². The third-order valence-electron chi connectivity index (χ3n) is 6.05. The van der Waals surface area contributed by atoms with Crippen molar-refractivity contribution in [1.29, 1.82) is 0 Å². The second-order valence-electron chi connectivity index (χ2n) is 8.28. The minimum atomic E-state index is -1.66. The van der Waals surface area contributed by atoms with Gasteiger partial charge >= 0.3 is 0 Å². The number of benzene rings is 3. The minimum Gasteiger partial charge on any atom is -0.488 e. The summed E-state index contributed by atoms with van der Waals surface area (Å²) in [5.41, 5.74) is 0.467. The number of likely N-dealkylation sites (tertiary alicyclic amines) is 1. The van der Waals surface area contributed by atoms with Gasteiger partial charge in [0.1, 0.15) is 18.5 Å². The Morgan fingerprint density at radius 1 is 0.909 bits per heavy atom. The number of aliphatic hydroxyl groups excluding tert-OH is 1. The Kier molecular flexibility index (Phi) is 8.15. The molecule has 2 N–H and O–H groups in total. The maximum absolute atomic E-state index is 12.3. The first kappa shape index (κ1) is 24.7. The summed E-state index contributed by atoms with van der Waals surface area (Å²) < 4.78 is 7.90. The maximum atomic E-state index is 12.3. The molecule has 2 atom stereocenters. The fraction of sp³-hybridized carbons (Fsp3) is 0.308. The molecule has 0 aliphatic carbocycles. The Hall–Kier alpha value is -1.41. The second-order valence-corrected chi connectivity index (χ2v) is 10.6. The molecule has 4 nitrogen and oxygen atoms in total. The predicted molar refractivity (Wildman–Crippen MR) is 138 cm³/mol. The van der Waals surface area contributed by atoms with Crippen molar-refractivity contribution >= 4 is 43.5 Å². The zero-order chi connectivity index (χ0) is 23.4. The van der Waals surface area contributed by atoms with E-state index in [2.05, 4.69) is 31.9 Å². The van der Waals surface area contributed by atoms with E-state index in [4.69, 9.17) is 16.3 Å². The summed E-state index contributed by atoms with van der Waals surface area (Å²) in [5.74, 6) is 0.525. The molecule has 2 unspecified atom stereocenters. The van der Waals surface area contributed by atoms with E-state index in [1.165, 1.54) is 0 Å². The van der Waals surface area contributed by atoms with Crippen LogP contribution in [0.5, 0.6) is 5.75 Å². The number of rotatable bonds is 7. The molecular formula is C26H26Br2ClNO3. The van der Waals surface area contributed by atoms with Gasteiger partial charge in [0, 0.05) is 32.6 Å². The third-order valence-corrected chi connectivity index (χ3v) is 7.32. The van der Waals surface area contributed by atoms with Gasteiger partial charge in [-0.25, -0.2) is 0 Å². The van der Waals surface area contributed by atoms with Gasteiger partial charge < -0.3 is 14.9 Å². The van der Waals surface area contributed by atoms with Crippen LogP contribution >= 0.6 is 43.5 Å². The summed E-state index contributed by atoms with van der Waals surface area (Å²) in [6.45, 7) is 1.69. The average Bonchev–Trinajstić information content (AvgIpc) is 2.84. The first-order valence-corrected chi connectivity index (χ1v) is 12.9. The van der Waals surface area contributed by atoms with Gasteiger partial charge in [0.25, 0.3) is 0 Å². The Morgan fingerprint density at radius 2 is 1.55 bits per heavy atom. The van der Waals surface area contributed by atoms with Crippen LogP contribution in [0.25, 0.3) is 0 Å². The summed E-state index contributed by atoms with van der Waals surface area (Å²) in [6, 6.07) is 20.4. The molecule has 1 fully saturated rings. The van der Waals surface area contributed by atoms with Crippen molar-refractivity contribution < 1.29 is 14.9 Å². The second kappa shape index (κ2) is 10.9. The lowest BCUT2D eigenvalue weighted by atomic mass is 9.88. The Morgan fingerprint density at radius 3 is 2.21 bits per heavy atom. The number of hydrogen-bond acceptors (Lipinski definition) is 4. The lowest BCUT2D eigenvalue weighted by Crippen LogP contribution is -2.52. The largest absolute Gasteiger partial charge is 0.488 e. The van der Waals surface area contributed by atoms with Crippen molar-refractivity contribution in [3.05, 3.63) is 97.4 Å². The molecule has 0 saturated carbocycles. The summed E-state index contributed by atoms with van der Waals surface area (Å²) in [7, 11) is 0. The predicted octanol–water partition coefficient (Wildman–Crippen LogP) is 6.81. The summed E-state index contributed by atoms with van der Waals surface area (Å²) >= 11 is 13.0. The van der Waals surface area contributed by atoms with E-state index in [1.54, 1.807) is 0 Å². The van der Waals surface area contributed by atoms with Crippen LogP contribution in [-0.4, -0.2) is 28.2 Å². The van der Waals surface area contributed by atoms with Gasteiger partial charge in [0.15, 0.2) is 5.72 Å². The lowest BCUT2D eigenvalue weighted by Gasteiger charge is -2.45. The van der Waals surface area contributed by atoms with Gasteiger partial charge in [-0.05, 0) is 66.4 Å². The SMILES string of the molecule is OC(c1ccc(Br)cc1)C(O)(c1cc(Br)ccc1OCc1ccc(Cl)cc1)N1CCCCC1. The molecule has 7 heteroatoms. The van der Waals surface area contributed by atoms with Gasteiger partial charge in [-0.3, -0.25) is 4.90 Å². The molecule has 33 heavy (non-hydrogen) atoms. The molecule has 0 radical (unpaired) electrons. The van der Waals surface area contributed by atoms with Crippen molar-refractivity contribution in [2.75, 3.05) is 13.1 Å². The maximum Gasteiger partial charge on any atom is 0.178 e. The highest BCUT2D eigenvalue weighted by atomic mass is 79.9. The summed E-state index contributed by atoms with van der Waals surface area (Å²) in [4.78, 5) is 1.97. The molecule has 4 rings (SSSR count). The molecule has 0 bridgehead atoms. The van der Waals surface area contributed by atoms with Crippen LogP contribution in [0.1, 0.15) is 42.1 Å². The smallest absolute Gasteiger partial charge is 0.178 e. The van der Waals surface area contributed by atoms with Crippen LogP contribution in [0.3, 0.4) is 0 Å². The summed E-state index contributed by atoms with van der Waals surface area (Å²) in [6.07, 6.45) is 1.87. The van der Waals surface area contributed by atoms with E-state index in [-0.39, 0.29) is 0 Å². The topological polar surface area (TPSA) is 52.9 Å². The number of piperidine rings is 1. The molecule has 1 aliphatic heterocycles. The van der Waals surface area contributed by atoms with Crippen LogP contribution < -0.4 is 4.74 Å². The van der Waals surface area contributed by atoms with E-state index in [1.807, 2.05) is 71.6 Å². The van der Waals surface area contributed by atoms with Crippen LogP contribution in [0.4, 0.5) is 0 Å². The zero-order valence-corrected chi connectivity index (χ0v) is 22.0. The number of nitrogens with zero attached hydrogens (tertiary/aromatic N) is 1. The number of hydrogen-bond donors (Lipinski definition) is 2. The van der Waals surface area contributed by atoms with Crippen LogP contribution in [0, 0.1) is 0 Å². The van der Waals surface area contributed by atoms with Crippen LogP contribution in [-0.2, 0) is 12.3 Å². The Balaban J connectivity index is 1.74. The molecule has 0 amide bonds. The Bertz CT molecular complexity index is 1070. The molecule has 3 aromatic rings. The molecule has 3 aromatic carbocycles. The highest BCUT2D eigenvalue weighted by Crippen LogP contribution is 2.44. The van der Waals surface area contributed by atoms with E-state index >= 15 is 0 Å². The third kappa shape index (κ3) is 5.64. The number of aliphatic hydroxyl groups is 2. The number of ether oxygens (including phenoxy) is 1. The normalized spacial score (nSPS) is 17.4. The van der Waals surface area contributed by atoms with E-state index in [0.717, 1.165) is 33.8 Å². The monoisotopic (exact) mass is 593 g/mol. The zero-order valence-electron chi connectivity index (χ0n) is 18.1. The Labute approximate surface area is 216 Å². The van der Waals surface area contributed by atoms with Gasteiger partial charge in [-0.1, -0.05) is 74.1 Å². The van der Waals surface area contributed by atoms with Crippen molar-refractivity contribution in [2.24, 2.45) is 0 Å². The van der Waals surface area contributed by atoms with Gasteiger partial charge in [0.2, 0.25) is 0 Å². The minimum absolute atomic E-state index is 0.316. The highest BCUT2D eigenvalue weighted by molar-refractivity contribution is 9.10. The van der Waals surface area contributed by atoms with Gasteiger partial charge in [0.05, 0.1) is 0 Å². The first-order chi connectivity index (χ1) is 15.9. The lowest BCUT2D eigenvalue weighted by molar-refractivity contribution is -0.197. The standard InChI is InChI=1S/C26H26Br2ClNO3/c27-20-8-6-19(7-9-20)25(31)26(32,30-14-2-1-3-15-30)23-16-21(28)10-13-24(23)33-17-18-4-11-22(29)12-5-18/h4-13,16,25,31-32H,1-3,14-15,17H2. The fourth-order valence-electron chi connectivity index (χ4n) is 4.26. The van der Waals surface area contributed by atoms with Crippen molar-refractivity contribution in [3.8, 4) is 5.75 Å². The van der Waals surface area contributed by atoms with Crippen LogP contribution in [0.2, 0.25) is 5.02 Å². The van der Waals surface area contributed by atoms with E-state index in [9.17, 15) is 10.2 Å². The molecule has 1 aliphatic rings. The summed E-state index contributed by atoms with van der Waals surface area (Å²) in [5, 5.41) is 24.5. The van der Waals surface area contributed by atoms with E-state index < -0.39 is 11.8 Å². The van der Waals surface area contributed by atoms with Crippen molar-refractivity contribution in [1.82, 2.24) is 4.90 Å². The molecule has 0 spiro atoms. The average molecular weight is 596 g/mol. The molecule has 1 heterocycles. The number of halogens is 3. The quantitative estimate of drug-likeness (QED) is 0.315. The molecule has 1 saturated heterocycles. The molecular weight excluding hydrogens is 570 g/mol. The van der Waals surface area contributed by atoms with Crippen molar-refractivity contribution in [2.45, 2.75) is 37.7 Å². The fourth-order valence-corrected chi connectivity index (χ4v) is 5.01. The first-order valence-electron chi connectivity index (χ1n) is 11.0. The van der Waals surface area contributed by atoms with Gasteiger partial charge in [-0.2, -0.15) is 0 Å². The van der Waals surface area contributed by atoms with E-state index in [0.29, 0.717) is 41.6 Å². The molecule has 0 aromatic heterocycles. The highest BCUT2D eigenvalue weighted by Gasteiger charge is 2.46.